The van der Waals surface area contributed by atoms with E-state index in [-0.39, 0.29) is 12.3 Å². The summed E-state index contributed by atoms with van der Waals surface area (Å²) in [7, 11) is -3.48. The van der Waals surface area contributed by atoms with E-state index < -0.39 is 21.9 Å². The summed E-state index contributed by atoms with van der Waals surface area (Å²) in [5.74, 6) is -0.668. The van der Waals surface area contributed by atoms with Gasteiger partial charge in [-0.2, -0.15) is 4.31 Å². The number of piperidine rings is 1. The molecule has 1 aliphatic heterocycles. The first kappa shape index (κ1) is 13.5. The molecule has 0 amide bonds. The van der Waals surface area contributed by atoms with Gasteiger partial charge in [0, 0.05) is 13.1 Å². The maximum atomic E-state index is 13.0. The molecule has 1 aliphatic rings. The zero-order valence-corrected chi connectivity index (χ0v) is 10.7. The van der Waals surface area contributed by atoms with Gasteiger partial charge in [-0.1, -0.05) is 12.1 Å². The summed E-state index contributed by atoms with van der Waals surface area (Å²) < 4.78 is 38.5. The van der Waals surface area contributed by atoms with E-state index in [1.54, 1.807) is 6.07 Å². The van der Waals surface area contributed by atoms with Crippen molar-refractivity contribution < 1.29 is 17.9 Å². The van der Waals surface area contributed by atoms with E-state index in [1.807, 2.05) is 0 Å². The molecule has 1 fully saturated rings. The van der Waals surface area contributed by atoms with Crippen LogP contribution in [-0.4, -0.2) is 37.0 Å². The maximum Gasteiger partial charge on any atom is 0.218 e. The molecule has 1 saturated heterocycles. The SMILES string of the molecule is O=S(=O)(Cc1cccc(F)c1)N1CCCC(O)C1. The highest BCUT2D eigenvalue weighted by molar-refractivity contribution is 7.88. The molecule has 6 heteroatoms. The van der Waals surface area contributed by atoms with Crippen LogP contribution in [0.2, 0.25) is 0 Å². The fourth-order valence-corrected chi connectivity index (χ4v) is 3.69. The van der Waals surface area contributed by atoms with Crippen LogP contribution in [0.5, 0.6) is 0 Å². The van der Waals surface area contributed by atoms with E-state index in [0.717, 1.165) is 0 Å². The summed E-state index contributed by atoms with van der Waals surface area (Å²) in [6, 6.07) is 5.57. The largest absolute Gasteiger partial charge is 0.392 e. The molecule has 0 saturated carbocycles. The first-order valence-corrected chi connectivity index (χ1v) is 7.48. The molecule has 100 valence electrons. The van der Waals surface area contributed by atoms with Crippen LogP contribution in [0.3, 0.4) is 0 Å². The second-order valence-corrected chi connectivity index (χ2v) is 6.51. The maximum absolute atomic E-state index is 13.0. The van der Waals surface area contributed by atoms with Crippen molar-refractivity contribution in [3.8, 4) is 0 Å². The average molecular weight is 273 g/mol. The number of halogens is 1. The summed E-state index contributed by atoms with van der Waals surface area (Å²) in [6.07, 6.45) is 0.691. The second kappa shape index (κ2) is 5.34. The minimum absolute atomic E-state index is 0.137. The topological polar surface area (TPSA) is 57.6 Å². The summed E-state index contributed by atoms with van der Waals surface area (Å²) in [5, 5.41) is 9.49. The molecule has 1 N–H and O–H groups in total. The van der Waals surface area contributed by atoms with Gasteiger partial charge >= 0.3 is 0 Å². The van der Waals surface area contributed by atoms with Gasteiger partial charge in [0.2, 0.25) is 10.0 Å². The third-order valence-electron chi connectivity index (χ3n) is 2.99. The van der Waals surface area contributed by atoms with Crippen LogP contribution in [0.25, 0.3) is 0 Å². The lowest BCUT2D eigenvalue weighted by molar-refractivity contribution is 0.108. The summed E-state index contributed by atoms with van der Waals surface area (Å²) >= 11 is 0. The number of sulfonamides is 1. The lowest BCUT2D eigenvalue weighted by Gasteiger charge is -2.29. The van der Waals surface area contributed by atoms with Gasteiger partial charge in [-0.05, 0) is 30.5 Å². The molecule has 1 heterocycles. The lowest BCUT2D eigenvalue weighted by Crippen LogP contribution is -2.42. The number of aliphatic hydroxyl groups excluding tert-OH is 1. The highest BCUT2D eigenvalue weighted by Crippen LogP contribution is 2.17. The van der Waals surface area contributed by atoms with Crippen LogP contribution >= 0.6 is 0 Å². The number of nitrogens with zero attached hydrogens (tertiary/aromatic N) is 1. The molecule has 2 rings (SSSR count). The van der Waals surface area contributed by atoms with Crippen molar-refractivity contribution in [3.63, 3.8) is 0 Å². The van der Waals surface area contributed by atoms with Crippen molar-refractivity contribution in [1.82, 2.24) is 4.31 Å². The number of hydrogen-bond donors (Lipinski definition) is 1. The van der Waals surface area contributed by atoms with E-state index in [1.165, 1.54) is 22.5 Å². The highest BCUT2D eigenvalue weighted by atomic mass is 32.2. The van der Waals surface area contributed by atoms with Gasteiger partial charge in [-0.25, -0.2) is 12.8 Å². The Labute approximate surface area is 106 Å². The van der Waals surface area contributed by atoms with Crippen LogP contribution in [0.1, 0.15) is 18.4 Å². The number of hydrogen-bond acceptors (Lipinski definition) is 3. The lowest BCUT2D eigenvalue weighted by atomic mass is 10.1. The van der Waals surface area contributed by atoms with Crippen LogP contribution in [0, 0.1) is 5.82 Å². The van der Waals surface area contributed by atoms with E-state index in [2.05, 4.69) is 0 Å². The number of β-amino-alcohol motifs (C(OH)–C–C–N with tert-alkyl or cyclic N) is 1. The number of benzene rings is 1. The van der Waals surface area contributed by atoms with E-state index in [9.17, 15) is 17.9 Å². The van der Waals surface area contributed by atoms with Crippen molar-refractivity contribution in [2.45, 2.75) is 24.7 Å². The van der Waals surface area contributed by atoms with Gasteiger partial charge < -0.3 is 5.11 Å². The molecule has 0 aliphatic carbocycles. The molecule has 18 heavy (non-hydrogen) atoms. The van der Waals surface area contributed by atoms with Gasteiger partial charge in [-0.3, -0.25) is 0 Å². The van der Waals surface area contributed by atoms with E-state index in [4.69, 9.17) is 0 Å². The Morgan fingerprint density at radius 2 is 2.22 bits per heavy atom. The van der Waals surface area contributed by atoms with Gasteiger partial charge in [0.25, 0.3) is 0 Å². The Hall–Kier alpha value is -0.980. The smallest absolute Gasteiger partial charge is 0.218 e. The van der Waals surface area contributed by atoms with Crippen molar-refractivity contribution in [1.29, 1.82) is 0 Å². The Morgan fingerprint density at radius 3 is 2.89 bits per heavy atom. The predicted octanol–water partition coefficient (Wildman–Crippen LogP) is 1.11. The van der Waals surface area contributed by atoms with Crippen molar-refractivity contribution in [2.75, 3.05) is 13.1 Å². The van der Waals surface area contributed by atoms with Gasteiger partial charge in [0.1, 0.15) is 5.82 Å². The molecule has 4 nitrogen and oxygen atoms in total. The average Bonchev–Trinajstić information content (AvgIpc) is 2.28. The monoisotopic (exact) mass is 273 g/mol. The molecule has 1 unspecified atom stereocenters. The third-order valence-corrected chi connectivity index (χ3v) is 4.81. The third kappa shape index (κ3) is 3.28. The quantitative estimate of drug-likeness (QED) is 0.897. The molecule has 0 spiro atoms. The summed E-state index contributed by atoms with van der Waals surface area (Å²) in [5.41, 5.74) is 0.426. The molecule has 0 bridgehead atoms. The van der Waals surface area contributed by atoms with Crippen LogP contribution in [0.15, 0.2) is 24.3 Å². The van der Waals surface area contributed by atoms with Crippen molar-refractivity contribution in [2.24, 2.45) is 0 Å². The van der Waals surface area contributed by atoms with Crippen molar-refractivity contribution >= 4 is 10.0 Å². The molecule has 0 aromatic heterocycles. The van der Waals surface area contributed by atoms with E-state index in [0.29, 0.717) is 24.9 Å². The number of rotatable bonds is 3. The molecule has 1 aromatic carbocycles. The van der Waals surface area contributed by atoms with Gasteiger partial charge in [-0.15, -0.1) is 0 Å². The molecular formula is C12H16FNO3S. The highest BCUT2D eigenvalue weighted by Gasteiger charge is 2.27. The fourth-order valence-electron chi connectivity index (χ4n) is 2.10. The fraction of sp³-hybridized carbons (Fsp3) is 0.500. The first-order chi connectivity index (χ1) is 8.47. The van der Waals surface area contributed by atoms with E-state index >= 15 is 0 Å². The Morgan fingerprint density at radius 1 is 1.44 bits per heavy atom. The number of aliphatic hydroxyl groups is 1. The van der Waals surface area contributed by atoms with Crippen LogP contribution < -0.4 is 0 Å². The first-order valence-electron chi connectivity index (χ1n) is 5.88. The molecule has 1 aromatic rings. The Kier molecular flexibility index (Phi) is 3.99. The zero-order chi connectivity index (χ0) is 13.2. The van der Waals surface area contributed by atoms with Crippen LogP contribution in [-0.2, 0) is 15.8 Å². The standard InChI is InChI=1S/C12H16FNO3S/c13-11-4-1-3-10(7-11)9-18(16,17)14-6-2-5-12(15)8-14/h1,3-4,7,12,15H,2,5-6,8-9H2. The zero-order valence-electron chi connectivity index (χ0n) is 9.92. The minimum atomic E-state index is -3.48. The summed E-state index contributed by atoms with van der Waals surface area (Å²) in [4.78, 5) is 0. The molecule has 0 radical (unpaired) electrons. The molecule has 1 atom stereocenters. The van der Waals surface area contributed by atoms with Crippen molar-refractivity contribution in [3.05, 3.63) is 35.6 Å². The van der Waals surface area contributed by atoms with Crippen LogP contribution in [0.4, 0.5) is 4.39 Å². The minimum Gasteiger partial charge on any atom is -0.392 e. The Balaban J connectivity index is 2.11. The molecular weight excluding hydrogens is 257 g/mol. The summed E-state index contributed by atoms with van der Waals surface area (Å²) in [6.45, 7) is 0.562. The normalized spacial score (nSPS) is 22.0. The van der Waals surface area contributed by atoms with Gasteiger partial charge in [0.15, 0.2) is 0 Å². The predicted molar refractivity (Wildman–Crippen MR) is 65.8 cm³/mol. The van der Waals surface area contributed by atoms with Gasteiger partial charge in [0.05, 0.1) is 11.9 Å². The second-order valence-electron chi connectivity index (χ2n) is 4.54. The Bertz CT molecular complexity index is 518.